The fourth-order valence-electron chi connectivity index (χ4n) is 2.53. The monoisotopic (exact) mass is 598 g/mol. The third kappa shape index (κ3) is 8.27. The van der Waals surface area contributed by atoms with Gasteiger partial charge in [-0.05, 0) is 77.3 Å². The van der Waals surface area contributed by atoms with Gasteiger partial charge in [-0.2, -0.15) is 0 Å². The fraction of sp³-hybridized carbons (Fsp3) is 0.261. The van der Waals surface area contributed by atoms with E-state index in [0.717, 1.165) is 30.1 Å². The average Bonchev–Trinajstić information content (AvgIpc) is 2.67. The molecule has 2 rings (SSSR count). The van der Waals surface area contributed by atoms with Gasteiger partial charge in [-0.25, -0.2) is 4.79 Å². The molecule has 7 heteroatoms. The standard InChI is InChI=1S/C23H21Br3O4/c1-3-29-22(23(27)28)13-17-6-7-21(20(26)12-17)30-9-8-15(2)4-5-16-10-18(24)14-19(25)11-16/h6-8,10-12,14,22H,3,9,13H2,1-2H3,(H,27,28). The van der Waals surface area contributed by atoms with Crippen molar-refractivity contribution in [2.24, 2.45) is 0 Å². The highest BCUT2D eigenvalue weighted by atomic mass is 79.9. The maximum Gasteiger partial charge on any atom is 0.333 e. The first kappa shape index (κ1) is 24.7. The van der Waals surface area contributed by atoms with Gasteiger partial charge >= 0.3 is 5.97 Å². The van der Waals surface area contributed by atoms with Gasteiger partial charge in [-0.3, -0.25) is 0 Å². The van der Waals surface area contributed by atoms with Crippen LogP contribution in [-0.4, -0.2) is 30.4 Å². The number of carboxylic acid groups (broad SMARTS) is 1. The van der Waals surface area contributed by atoms with Crippen molar-refractivity contribution >= 4 is 53.8 Å². The molecule has 0 aliphatic heterocycles. The molecule has 0 aliphatic rings. The summed E-state index contributed by atoms with van der Waals surface area (Å²) < 4.78 is 13.8. The smallest absolute Gasteiger partial charge is 0.333 e. The van der Waals surface area contributed by atoms with Gasteiger partial charge in [0, 0.05) is 27.5 Å². The second-order valence-electron chi connectivity index (χ2n) is 6.36. The Labute approximate surface area is 202 Å². The van der Waals surface area contributed by atoms with E-state index in [1.807, 2.05) is 49.4 Å². The first-order valence-electron chi connectivity index (χ1n) is 9.19. The highest BCUT2D eigenvalue weighted by Gasteiger charge is 2.18. The fourth-order valence-corrected chi connectivity index (χ4v) is 4.36. The molecule has 0 aliphatic carbocycles. The summed E-state index contributed by atoms with van der Waals surface area (Å²) in [5.41, 5.74) is 2.67. The predicted molar refractivity (Wildman–Crippen MR) is 129 cm³/mol. The third-order valence-corrected chi connectivity index (χ3v) is 5.49. The second-order valence-corrected chi connectivity index (χ2v) is 9.04. The van der Waals surface area contributed by atoms with Crippen molar-refractivity contribution in [2.45, 2.75) is 26.4 Å². The summed E-state index contributed by atoms with van der Waals surface area (Å²) in [5, 5.41) is 9.22. The average molecular weight is 601 g/mol. The molecular weight excluding hydrogens is 580 g/mol. The Hall–Kier alpha value is -1.59. The largest absolute Gasteiger partial charge is 0.488 e. The summed E-state index contributed by atoms with van der Waals surface area (Å²) in [6.07, 6.45) is 1.35. The van der Waals surface area contributed by atoms with E-state index in [0.29, 0.717) is 25.4 Å². The summed E-state index contributed by atoms with van der Waals surface area (Å²) in [6.45, 7) is 4.44. The molecule has 0 radical (unpaired) electrons. The quantitative estimate of drug-likeness (QED) is 0.357. The van der Waals surface area contributed by atoms with Crippen molar-refractivity contribution in [3.63, 3.8) is 0 Å². The van der Waals surface area contributed by atoms with E-state index in [9.17, 15) is 9.90 Å². The Bertz CT molecular complexity index is 969. The summed E-state index contributed by atoms with van der Waals surface area (Å²) in [6, 6.07) is 11.4. The predicted octanol–water partition coefficient (Wildman–Crippen LogP) is 6.38. The van der Waals surface area contributed by atoms with Crippen LogP contribution in [0.2, 0.25) is 0 Å². The molecule has 1 N–H and O–H groups in total. The van der Waals surface area contributed by atoms with Crippen molar-refractivity contribution < 1.29 is 19.4 Å². The van der Waals surface area contributed by atoms with E-state index in [1.165, 1.54) is 0 Å². The number of rotatable bonds is 8. The molecule has 0 bridgehead atoms. The maximum absolute atomic E-state index is 11.2. The number of hydrogen-bond donors (Lipinski definition) is 1. The van der Waals surface area contributed by atoms with E-state index in [4.69, 9.17) is 9.47 Å². The Morgan fingerprint density at radius 1 is 1.17 bits per heavy atom. The van der Waals surface area contributed by atoms with Gasteiger partial charge in [0.05, 0.1) is 4.47 Å². The number of allylic oxidation sites excluding steroid dienone is 1. The van der Waals surface area contributed by atoms with Crippen LogP contribution >= 0.6 is 47.8 Å². The van der Waals surface area contributed by atoms with Crippen LogP contribution in [0.25, 0.3) is 0 Å². The molecule has 0 saturated carbocycles. The number of carboxylic acids is 1. The molecule has 4 nitrogen and oxygen atoms in total. The molecule has 1 unspecified atom stereocenters. The molecule has 1 atom stereocenters. The lowest BCUT2D eigenvalue weighted by Gasteiger charge is -2.13. The van der Waals surface area contributed by atoms with Crippen LogP contribution < -0.4 is 4.74 Å². The maximum atomic E-state index is 11.2. The van der Waals surface area contributed by atoms with Crippen LogP contribution in [0.3, 0.4) is 0 Å². The summed E-state index contributed by atoms with van der Waals surface area (Å²) in [5.74, 6) is 5.95. The van der Waals surface area contributed by atoms with Gasteiger partial charge in [0.1, 0.15) is 12.4 Å². The molecule has 0 fully saturated rings. The Morgan fingerprint density at radius 3 is 2.47 bits per heavy atom. The first-order valence-corrected chi connectivity index (χ1v) is 11.6. The lowest BCUT2D eigenvalue weighted by Crippen LogP contribution is -2.26. The zero-order valence-electron chi connectivity index (χ0n) is 16.5. The van der Waals surface area contributed by atoms with Gasteiger partial charge in [-0.15, -0.1) is 0 Å². The molecule has 0 saturated heterocycles. The van der Waals surface area contributed by atoms with Gasteiger partial charge < -0.3 is 14.6 Å². The number of aliphatic carboxylic acids is 1. The van der Waals surface area contributed by atoms with E-state index in [2.05, 4.69) is 59.6 Å². The van der Waals surface area contributed by atoms with E-state index in [1.54, 1.807) is 6.92 Å². The minimum Gasteiger partial charge on any atom is -0.488 e. The molecule has 0 aromatic heterocycles. The Morgan fingerprint density at radius 2 is 1.87 bits per heavy atom. The van der Waals surface area contributed by atoms with E-state index < -0.39 is 12.1 Å². The van der Waals surface area contributed by atoms with Crippen molar-refractivity contribution in [3.8, 4) is 17.6 Å². The normalized spacial score (nSPS) is 12.1. The van der Waals surface area contributed by atoms with Gasteiger partial charge in [0.15, 0.2) is 6.10 Å². The van der Waals surface area contributed by atoms with Gasteiger partial charge in [0.2, 0.25) is 0 Å². The topological polar surface area (TPSA) is 55.8 Å². The van der Waals surface area contributed by atoms with E-state index >= 15 is 0 Å². The zero-order chi connectivity index (χ0) is 22.1. The molecule has 2 aromatic carbocycles. The molecule has 0 amide bonds. The number of ether oxygens (including phenoxy) is 2. The lowest BCUT2D eigenvalue weighted by molar-refractivity contribution is -0.149. The van der Waals surface area contributed by atoms with Crippen molar-refractivity contribution in [2.75, 3.05) is 13.2 Å². The highest BCUT2D eigenvalue weighted by Crippen LogP contribution is 2.27. The molecule has 158 valence electrons. The molecule has 30 heavy (non-hydrogen) atoms. The zero-order valence-corrected chi connectivity index (χ0v) is 21.3. The van der Waals surface area contributed by atoms with Crippen LogP contribution in [0.15, 0.2) is 61.5 Å². The third-order valence-electron chi connectivity index (χ3n) is 3.96. The van der Waals surface area contributed by atoms with Gasteiger partial charge in [0.25, 0.3) is 0 Å². The lowest BCUT2D eigenvalue weighted by atomic mass is 10.1. The SMILES string of the molecule is CCOC(Cc1ccc(OCC=C(C)C#Cc2cc(Br)cc(Br)c2)c(Br)c1)C(=O)O. The van der Waals surface area contributed by atoms with Crippen LogP contribution in [-0.2, 0) is 16.0 Å². The van der Waals surface area contributed by atoms with Crippen molar-refractivity contribution in [3.05, 3.63) is 72.6 Å². The van der Waals surface area contributed by atoms with Gasteiger partial charge in [-0.1, -0.05) is 49.8 Å². The van der Waals surface area contributed by atoms with Crippen LogP contribution in [0, 0.1) is 11.8 Å². The van der Waals surface area contributed by atoms with E-state index in [-0.39, 0.29) is 0 Å². The minimum atomic E-state index is -0.967. The van der Waals surface area contributed by atoms with Crippen LogP contribution in [0.4, 0.5) is 0 Å². The summed E-state index contributed by atoms with van der Waals surface area (Å²) in [7, 11) is 0. The Balaban J connectivity index is 1.97. The summed E-state index contributed by atoms with van der Waals surface area (Å²) >= 11 is 10.4. The molecule has 0 spiro atoms. The van der Waals surface area contributed by atoms with Crippen molar-refractivity contribution in [1.82, 2.24) is 0 Å². The summed E-state index contributed by atoms with van der Waals surface area (Å²) in [4.78, 5) is 11.2. The highest BCUT2D eigenvalue weighted by molar-refractivity contribution is 9.11. The number of benzene rings is 2. The van der Waals surface area contributed by atoms with Crippen LogP contribution in [0.1, 0.15) is 25.0 Å². The minimum absolute atomic E-state index is 0.294. The molecule has 0 heterocycles. The number of carbonyl (C=O) groups is 1. The van der Waals surface area contributed by atoms with Crippen LogP contribution in [0.5, 0.6) is 5.75 Å². The number of halogens is 3. The Kier molecular flexibility index (Phi) is 10.1. The second kappa shape index (κ2) is 12.3. The first-order chi connectivity index (χ1) is 14.3. The number of hydrogen-bond acceptors (Lipinski definition) is 3. The molecule has 2 aromatic rings. The van der Waals surface area contributed by atoms with Crippen molar-refractivity contribution in [1.29, 1.82) is 0 Å². The molecular formula is C23H21Br3O4.